The topological polar surface area (TPSA) is 26.0 Å². The third-order valence-electron chi connectivity index (χ3n) is 1.44. The van der Waals surface area contributed by atoms with Gasteiger partial charge >= 0.3 is 0 Å². The highest BCUT2D eigenvalue weighted by molar-refractivity contribution is 4.94. The Kier molecular flexibility index (Phi) is 1.47. The Morgan fingerprint density at radius 3 is 2.29 bits per heavy atom. The standard InChI is InChI=1S/C6H11N/c7-5-6-3-1-2-4-6/h1-2,6H,3-5,7H2. The Hall–Kier alpha value is -0.300. The number of allylic oxidation sites excluding steroid dienone is 2. The van der Waals surface area contributed by atoms with E-state index >= 15 is 0 Å². The van der Waals surface area contributed by atoms with E-state index in [9.17, 15) is 0 Å². The molecule has 0 saturated heterocycles. The van der Waals surface area contributed by atoms with Gasteiger partial charge in [-0.3, -0.25) is 0 Å². The zero-order valence-corrected chi connectivity index (χ0v) is 4.43. The summed E-state index contributed by atoms with van der Waals surface area (Å²) in [5.74, 6) is 0.764. The molecule has 1 heteroatoms. The monoisotopic (exact) mass is 97.1 g/mol. The molecule has 0 unspecified atom stereocenters. The van der Waals surface area contributed by atoms with Crippen molar-refractivity contribution in [3.8, 4) is 0 Å². The Morgan fingerprint density at radius 2 is 2.00 bits per heavy atom. The molecule has 40 valence electrons. The maximum atomic E-state index is 5.39. The third kappa shape index (κ3) is 1.03. The maximum absolute atomic E-state index is 5.39. The van der Waals surface area contributed by atoms with Gasteiger partial charge in [-0.2, -0.15) is 0 Å². The summed E-state index contributed by atoms with van der Waals surface area (Å²) in [5.41, 5.74) is 5.39. The molecule has 0 aromatic heterocycles. The summed E-state index contributed by atoms with van der Waals surface area (Å²) >= 11 is 0. The summed E-state index contributed by atoms with van der Waals surface area (Å²) in [4.78, 5) is 0. The Morgan fingerprint density at radius 1 is 1.43 bits per heavy atom. The SMILES string of the molecule is NCC1CC=CC1. The second-order valence-corrected chi connectivity index (χ2v) is 2.04. The van der Waals surface area contributed by atoms with Crippen LogP contribution in [0.15, 0.2) is 12.2 Å². The first kappa shape index (κ1) is 4.85. The zero-order valence-electron chi connectivity index (χ0n) is 4.43. The first-order valence-electron chi connectivity index (χ1n) is 2.78. The molecule has 1 rings (SSSR count). The summed E-state index contributed by atoms with van der Waals surface area (Å²) < 4.78 is 0. The van der Waals surface area contributed by atoms with Gasteiger partial charge in [-0.1, -0.05) is 12.2 Å². The van der Waals surface area contributed by atoms with Crippen molar-refractivity contribution in [2.75, 3.05) is 6.54 Å². The molecule has 0 radical (unpaired) electrons. The van der Waals surface area contributed by atoms with Gasteiger partial charge < -0.3 is 5.73 Å². The Labute approximate surface area is 44.2 Å². The van der Waals surface area contributed by atoms with Crippen molar-refractivity contribution >= 4 is 0 Å². The van der Waals surface area contributed by atoms with E-state index in [2.05, 4.69) is 12.2 Å². The predicted octanol–water partition coefficient (Wildman–Crippen LogP) is 0.911. The molecule has 0 aromatic rings. The summed E-state index contributed by atoms with van der Waals surface area (Å²) in [7, 11) is 0. The smallest absolute Gasteiger partial charge is 0.00429 e. The number of nitrogens with two attached hydrogens (primary N) is 1. The lowest BCUT2D eigenvalue weighted by molar-refractivity contribution is 0.584. The van der Waals surface area contributed by atoms with E-state index in [1.807, 2.05) is 0 Å². The lowest BCUT2D eigenvalue weighted by Crippen LogP contribution is -2.09. The molecule has 0 bridgehead atoms. The van der Waals surface area contributed by atoms with Gasteiger partial charge in [-0.05, 0) is 25.3 Å². The highest BCUT2D eigenvalue weighted by Gasteiger charge is 2.05. The van der Waals surface area contributed by atoms with E-state index in [1.165, 1.54) is 12.8 Å². The fourth-order valence-electron chi connectivity index (χ4n) is 0.866. The molecule has 1 nitrogen and oxygen atoms in total. The molecular formula is C6H11N. The minimum Gasteiger partial charge on any atom is -0.330 e. The van der Waals surface area contributed by atoms with Crippen molar-refractivity contribution in [2.45, 2.75) is 12.8 Å². The average Bonchev–Trinajstić information content (AvgIpc) is 2.14. The van der Waals surface area contributed by atoms with Crippen molar-refractivity contribution in [3.63, 3.8) is 0 Å². The molecule has 0 saturated carbocycles. The van der Waals surface area contributed by atoms with Crippen LogP contribution < -0.4 is 5.73 Å². The molecule has 0 atom stereocenters. The van der Waals surface area contributed by atoms with Gasteiger partial charge in [0.25, 0.3) is 0 Å². The van der Waals surface area contributed by atoms with E-state index < -0.39 is 0 Å². The number of hydrogen-bond acceptors (Lipinski definition) is 1. The first-order chi connectivity index (χ1) is 3.43. The van der Waals surface area contributed by atoms with Gasteiger partial charge in [0.1, 0.15) is 0 Å². The van der Waals surface area contributed by atoms with Crippen LogP contribution in [-0.2, 0) is 0 Å². The molecule has 0 amide bonds. The fourth-order valence-corrected chi connectivity index (χ4v) is 0.866. The summed E-state index contributed by atoms with van der Waals surface area (Å²) in [6, 6.07) is 0. The van der Waals surface area contributed by atoms with Gasteiger partial charge in [0.15, 0.2) is 0 Å². The van der Waals surface area contributed by atoms with E-state index in [4.69, 9.17) is 5.73 Å². The first-order valence-corrected chi connectivity index (χ1v) is 2.78. The number of hydrogen-bond donors (Lipinski definition) is 1. The molecule has 0 aromatic carbocycles. The normalized spacial score (nSPS) is 21.3. The quantitative estimate of drug-likeness (QED) is 0.483. The molecule has 2 N–H and O–H groups in total. The molecule has 0 heterocycles. The van der Waals surface area contributed by atoms with Gasteiger partial charge in [0, 0.05) is 0 Å². The fraction of sp³-hybridized carbons (Fsp3) is 0.667. The second-order valence-electron chi connectivity index (χ2n) is 2.04. The van der Waals surface area contributed by atoms with E-state index in [0.29, 0.717) is 0 Å². The minimum atomic E-state index is 0.764. The Balaban J connectivity index is 2.22. The van der Waals surface area contributed by atoms with Crippen LogP contribution in [0.1, 0.15) is 12.8 Å². The summed E-state index contributed by atoms with van der Waals surface area (Å²) in [6.45, 7) is 0.854. The molecule has 0 aliphatic heterocycles. The number of rotatable bonds is 1. The molecule has 1 aliphatic carbocycles. The Bertz CT molecular complexity index is 68.2. The van der Waals surface area contributed by atoms with E-state index in [-0.39, 0.29) is 0 Å². The second kappa shape index (κ2) is 2.12. The average molecular weight is 97.2 g/mol. The van der Waals surface area contributed by atoms with Crippen LogP contribution in [0.25, 0.3) is 0 Å². The van der Waals surface area contributed by atoms with Crippen molar-refractivity contribution in [2.24, 2.45) is 11.7 Å². The highest BCUT2D eigenvalue weighted by atomic mass is 14.5. The summed E-state index contributed by atoms with van der Waals surface area (Å²) in [6.07, 6.45) is 6.82. The van der Waals surface area contributed by atoms with Crippen LogP contribution in [0, 0.1) is 5.92 Å². The van der Waals surface area contributed by atoms with Crippen LogP contribution >= 0.6 is 0 Å². The molecule has 0 spiro atoms. The van der Waals surface area contributed by atoms with Gasteiger partial charge in [-0.25, -0.2) is 0 Å². The van der Waals surface area contributed by atoms with Crippen LogP contribution in [0.5, 0.6) is 0 Å². The molecular weight excluding hydrogens is 86.1 g/mol. The van der Waals surface area contributed by atoms with Crippen molar-refractivity contribution in [1.82, 2.24) is 0 Å². The van der Waals surface area contributed by atoms with Gasteiger partial charge in [0.05, 0.1) is 0 Å². The minimum absolute atomic E-state index is 0.764. The van der Waals surface area contributed by atoms with E-state index in [0.717, 1.165) is 12.5 Å². The highest BCUT2D eigenvalue weighted by Crippen LogP contribution is 2.14. The molecule has 7 heavy (non-hydrogen) atoms. The van der Waals surface area contributed by atoms with Crippen molar-refractivity contribution in [3.05, 3.63) is 12.2 Å². The van der Waals surface area contributed by atoms with Gasteiger partial charge in [-0.15, -0.1) is 0 Å². The van der Waals surface area contributed by atoms with Crippen LogP contribution in [-0.4, -0.2) is 6.54 Å². The van der Waals surface area contributed by atoms with Crippen LogP contribution in [0.3, 0.4) is 0 Å². The zero-order chi connectivity index (χ0) is 5.11. The molecule has 1 aliphatic rings. The van der Waals surface area contributed by atoms with Crippen molar-refractivity contribution in [1.29, 1.82) is 0 Å². The lowest BCUT2D eigenvalue weighted by atomic mass is 10.1. The third-order valence-corrected chi connectivity index (χ3v) is 1.44. The largest absolute Gasteiger partial charge is 0.330 e. The summed E-state index contributed by atoms with van der Waals surface area (Å²) in [5, 5.41) is 0. The lowest BCUT2D eigenvalue weighted by Gasteiger charge is -2.00. The van der Waals surface area contributed by atoms with Gasteiger partial charge in [0.2, 0.25) is 0 Å². The van der Waals surface area contributed by atoms with Crippen LogP contribution in [0.4, 0.5) is 0 Å². The van der Waals surface area contributed by atoms with E-state index in [1.54, 1.807) is 0 Å². The van der Waals surface area contributed by atoms with Crippen molar-refractivity contribution < 1.29 is 0 Å². The maximum Gasteiger partial charge on any atom is -0.00429 e. The molecule has 0 fully saturated rings. The predicted molar refractivity (Wildman–Crippen MR) is 30.9 cm³/mol. The van der Waals surface area contributed by atoms with Crippen LogP contribution in [0.2, 0.25) is 0 Å².